The number of rotatable bonds is 6. The third-order valence-electron chi connectivity index (χ3n) is 4.30. The lowest BCUT2D eigenvalue weighted by Gasteiger charge is -2.12. The molecule has 1 atom stereocenters. The molecule has 1 saturated heterocycles. The van der Waals surface area contributed by atoms with Crippen molar-refractivity contribution in [3.63, 3.8) is 0 Å². The lowest BCUT2D eigenvalue weighted by atomic mass is 9.95. The van der Waals surface area contributed by atoms with E-state index in [1.165, 1.54) is 5.56 Å². The quantitative estimate of drug-likeness (QED) is 0.799. The zero-order chi connectivity index (χ0) is 16.2. The molecule has 5 nitrogen and oxygen atoms in total. The minimum absolute atomic E-state index is 0.0665. The highest BCUT2D eigenvalue weighted by molar-refractivity contribution is 7.91. The lowest BCUT2D eigenvalue weighted by molar-refractivity contribution is -0.684. The van der Waals surface area contributed by atoms with Crippen LogP contribution in [0.4, 0.5) is 0 Å². The van der Waals surface area contributed by atoms with Gasteiger partial charge in [0.15, 0.2) is 22.2 Å². The summed E-state index contributed by atoms with van der Waals surface area (Å²) in [5, 5.41) is 2.80. The van der Waals surface area contributed by atoms with Crippen LogP contribution in [0, 0.1) is 0 Å². The molecule has 1 fully saturated rings. The molecule has 1 aromatic rings. The van der Waals surface area contributed by atoms with E-state index in [2.05, 4.69) is 31.3 Å². The first-order valence-electron chi connectivity index (χ1n) is 7.92. The first-order valence-corrected chi connectivity index (χ1v) is 9.74. The molecular weight excluding hydrogens is 300 g/mol. The van der Waals surface area contributed by atoms with E-state index in [1.807, 2.05) is 17.0 Å². The summed E-state index contributed by atoms with van der Waals surface area (Å²) in [4.78, 5) is 12.0. The number of carbonyl (C=O) groups is 1. The number of amides is 1. The zero-order valence-corrected chi connectivity index (χ0v) is 14.1. The monoisotopic (exact) mass is 325 g/mol. The maximum atomic E-state index is 12.0. The van der Waals surface area contributed by atoms with Crippen molar-refractivity contribution in [2.24, 2.45) is 0 Å². The van der Waals surface area contributed by atoms with Crippen molar-refractivity contribution >= 4 is 15.7 Å². The summed E-state index contributed by atoms with van der Waals surface area (Å²) in [6.45, 7) is 4.58. The van der Waals surface area contributed by atoms with Gasteiger partial charge in [0, 0.05) is 18.2 Å². The first kappa shape index (κ1) is 16.9. The van der Waals surface area contributed by atoms with E-state index in [9.17, 15) is 13.2 Å². The molecule has 122 valence electrons. The van der Waals surface area contributed by atoms with Crippen LogP contribution in [0.2, 0.25) is 0 Å². The predicted octanol–water partition coefficient (Wildman–Crippen LogP) is 1.18. The van der Waals surface area contributed by atoms with Crippen molar-refractivity contribution in [2.45, 2.75) is 51.6 Å². The molecule has 0 bridgehead atoms. The molecule has 0 radical (unpaired) electrons. The van der Waals surface area contributed by atoms with Crippen molar-refractivity contribution in [2.75, 3.05) is 11.5 Å². The third kappa shape index (κ3) is 4.53. The summed E-state index contributed by atoms with van der Waals surface area (Å²) in [6, 6.07) is 3.89. The number of aromatic nitrogens is 1. The lowest BCUT2D eigenvalue weighted by Crippen LogP contribution is -2.46. The number of pyridine rings is 1. The van der Waals surface area contributed by atoms with Crippen molar-refractivity contribution < 1.29 is 17.8 Å². The van der Waals surface area contributed by atoms with Gasteiger partial charge in [0.05, 0.1) is 11.5 Å². The van der Waals surface area contributed by atoms with Gasteiger partial charge in [0.1, 0.15) is 0 Å². The average molecular weight is 325 g/mol. The Hall–Kier alpha value is -1.43. The summed E-state index contributed by atoms with van der Waals surface area (Å²) in [5.41, 5.74) is 1.29. The van der Waals surface area contributed by atoms with Gasteiger partial charge in [-0.2, -0.15) is 4.57 Å². The van der Waals surface area contributed by atoms with Gasteiger partial charge in [0.2, 0.25) is 6.54 Å². The molecular formula is C16H25N2O3S+. The fraction of sp³-hybridized carbons (Fsp3) is 0.625. The van der Waals surface area contributed by atoms with Crippen molar-refractivity contribution in [3.05, 3.63) is 30.1 Å². The Balaban J connectivity index is 1.89. The Morgan fingerprint density at radius 1 is 1.32 bits per heavy atom. The van der Waals surface area contributed by atoms with E-state index in [0.717, 1.165) is 12.8 Å². The first-order chi connectivity index (χ1) is 10.4. The zero-order valence-electron chi connectivity index (χ0n) is 13.3. The number of hydrogen-bond donors (Lipinski definition) is 1. The van der Waals surface area contributed by atoms with Crippen LogP contribution in [0.5, 0.6) is 0 Å². The Labute approximate surface area is 132 Å². The Kier molecular flexibility index (Phi) is 5.56. The summed E-state index contributed by atoms with van der Waals surface area (Å²) in [7, 11) is -2.96. The molecule has 0 spiro atoms. The topological polar surface area (TPSA) is 67.1 Å². The van der Waals surface area contributed by atoms with Gasteiger partial charge in [-0.3, -0.25) is 4.79 Å². The molecule has 1 aliphatic heterocycles. The minimum atomic E-state index is -2.96. The molecule has 1 amide bonds. The highest BCUT2D eigenvalue weighted by Crippen LogP contribution is 2.21. The van der Waals surface area contributed by atoms with E-state index in [4.69, 9.17) is 0 Å². The summed E-state index contributed by atoms with van der Waals surface area (Å²) < 4.78 is 24.6. The van der Waals surface area contributed by atoms with Crippen LogP contribution in [0.15, 0.2) is 24.5 Å². The van der Waals surface area contributed by atoms with Gasteiger partial charge < -0.3 is 5.32 Å². The van der Waals surface area contributed by atoms with Gasteiger partial charge in [0.25, 0.3) is 5.91 Å². The summed E-state index contributed by atoms with van der Waals surface area (Å²) in [5.74, 6) is 0.668. The molecule has 0 saturated carbocycles. The van der Waals surface area contributed by atoms with Crippen molar-refractivity contribution in [3.8, 4) is 0 Å². The molecule has 1 N–H and O–H groups in total. The fourth-order valence-electron chi connectivity index (χ4n) is 2.95. The molecule has 0 aliphatic carbocycles. The second-order valence-electron chi connectivity index (χ2n) is 5.98. The largest absolute Gasteiger partial charge is 0.347 e. The van der Waals surface area contributed by atoms with Crippen molar-refractivity contribution in [1.82, 2.24) is 5.32 Å². The van der Waals surface area contributed by atoms with Gasteiger partial charge in [-0.15, -0.1) is 0 Å². The van der Waals surface area contributed by atoms with E-state index in [1.54, 1.807) is 0 Å². The van der Waals surface area contributed by atoms with Crippen LogP contribution in [0.1, 0.15) is 44.6 Å². The van der Waals surface area contributed by atoms with Gasteiger partial charge in [-0.25, -0.2) is 8.42 Å². The predicted molar refractivity (Wildman–Crippen MR) is 85.2 cm³/mol. The average Bonchev–Trinajstić information content (AvgIpc) is 2.81. The van der Waals surface area contributed by atoms with Crippen LogP contribution in [0.25, 0.3) is 0 Å². The van der Waals surface area contributed by atoms with Crippen molar-refractivity contribution in [1.29, 1.82) is 0 Å². The number of nitrogens with one attached hydrogen (secondary N) is 1. The van der Waals surface area contributed by atoms with E-state index < -0.39 is 9.84 Å². The van der Waals surface area contributed by atoms with E-state index in [-0.39, 0.29) is 30.0 Å². The summed E-state index contributed by atoms with van der Waals surface area (Å²) >= 11 is 0. The fourth-order valence-corrected chi connectivity index (χ4v) is 4.63. The Bertz CT molecular complexity index is 607. The second kappa shape index (κ2) is 7.22. The van der Waals surface area contributed by atoms with Crippen LogP contribution in [-0.4, -0.2) is 31.9 Å². The van der Waals surface area contributed by atoms with Gasteiger partial charge >= 0.3 is 0 Å². The number of sulfone groups is 1. The second-order valence-corrected chi connectivity index (χ2v) is 8.21. The molecule has 22 heavy (non-hydrogen) atoms. The molecule has 0 unspecified atom stereocenters. The summed E-state index contributed by atoms with van der Waals surface area (Å²) in [6.07, 6.45) is 6.57. The van der Waals surface area contributed by atoms with Crippen LogP contribution in [-0.2, 0) is 21.2 Å². The number of carbonyl (C=O) groups excluding carboxylic acids is 1. The minimum Gasteiger partial charge on any atom is -0.347 e. The normalized spacial score (nSPS) is 20.2. The number of hydrogen-bond acceptors (Lipinski definition) is 3. The smallest absolute Gasteiger partial charge is 0.286 e. The Morgan fingerprint density at radius 3 is 2.45 bits per heavy atom. The molecule has 1 aliphatic rings. The SMILES string of the molecule is CCC(CC)c1cc[n+](CC(=O)N[C@@H]2CCS(=O)(=O)C2)cc1. The highest BCUT2D eigenvalue weighted by Gasteiger charge is 2.29. The molecule has 0 aromatic carbocycles. The molecule has 2 rings (SSSR count). The van der Waals surface area contributed by atoms with Gasteiger partial charge in [-0.05, 0) is 30.7 Å². The van der Waals surface area contributed by atoms with Crippen LogP contribution < -0.4 is 9.88 Å². The van der Waals surface area contributed by atoms with Gasteiger partial charge in [-0.1, -0.05) is 13.8 Å². The van der Waals surface area contributed by atoms with E-state index in [0.29, 0.717) is 12.3 Å². The van der Waals surface area contributed by atoms with Crippen LogP contribution in [0.3, 0.4) is 0 Å². The van der Waals surface area contributed by atoms with E-state index >= 15 is 0 Å². The van der Waals surface area contributed by atoms with Crippen LogP contribution >= 0.6 is 0 Å². The molecule has 6 heteroatoms. The maximum Gasteiger partial charge on any atom is 0.286 e. The Morgan fingerprint density at radius 2 is 1.95 bits per heavy atom. The molecule has 1 aromatic heterocycles. The highest BCUT2D eigenvalue weighted by atomic mass is 32.2. The standard InChI is InChI=1S/C16H24N2O3S/c1-3-13(4-2)14-5-8-18(9-6-14)11-16(19)17-15-7-10-22(20,21)12-15/h5-6,8-9,13,15H,3-4,7,10-12H2,1-2H3/p+1/t15-/m1/s1. The number of nitrogens with zero attached hydrogens (tertiary/aromatic N) is 1. The third-order valence-corrected chi connectivity index (χ3v) is 6.07. The maximum absolute atomic E-state index is 12.0. The molecule has 2 heterocycles.